The molecule has 1 rings (SSSR count). The van der Waals surface area contributed by atoms with Gasteiger partial charge in [-0.05, 0) is 53.1 Å². The fraction of sp³-hybridized carbons (Fsp3) is 0.462. The van der Waals surface area contributed by atoms with Crippen LogP contribution in [0.5, 0.6) is 0 Å². The van der Waals surface area contributed by atoms with Gasteiger partial charge in [0, 0.05) is 9.26 Å². The van der Waals surface area contributed by atoms with Crippen LogP contribution < -0.4 is 11.1 Å². The normalized spacial score (nSPS) is 14.2. The Kier molecular flexibility index (Phi) is 5.39. The van der Waals surface area contributed by atoms with E-state index in [0.29, 0.717) is 0 Å². The molecule has 94 valence electrons. The number of amides is 1. The molecule has 1 aromatic rings. The number of aryl methyl sites for hydroxylation is 1. The number of benzene rings is 1. The highest BCUT2D eigenvalue weighted by molar-refractivity contribution is 14.1. The van der Waals surface area contributed by atoms with Crippen LogP contribution in [0.4, 0.5) is 5.69 Å². The molecule has 0 fully saturated rings. The SMILES string of the molecule is CC[C@H](C)[C@H](N)C(=O)Nc1ccc(C)c(I)c1. The van der Waals surface area contributed by atoms with Crippen LogP contribution in [0.15, 0.2) is 18.2 Å². The number of carbonyl (C=O) groups is 1. The average molecular weight is 346 g/mol. The summed E-state index contributed by atoms with van der Waals surface area (Å²) >= 11 is 2.25. The topological polar surface area (TPSA) is 55.1 Å². The molecular weight excluding hydrogens is 327 g/mol. The highest BCUT2D eigenvalue weighted by atomic mass is 127. The van der Waals surface area contributed by atoms with Gasteiger partial charge in [0.1, 0.15) is 0 Å². The minimum absolute atomic E-state index is 0.112. The van der Waals surface area contributed by atoms with Gasteiger partial charge in [-0.2, -0.15) is 0 Å². The number of anilines is 1. The smallest absolute Gasteiger partial charge is 0.241 e. The number of nitrogens with two attached hydrogens (primary N) is 1. The van der Waals surface area contributed by atoms with Gasteiger partial charge in [0.05, 0.1) is 6.04 Å². The third-order valence-electron chi connectivity index (χ3n) is 3.00. The molecule has 0 bridgehead atoms. The second-order valence-electron chi connectivity index (χ2n) is 4.36. The molecule has 17 heavy (non-hydrogen) atoms. The fourth-order valence-electron chi connectivity index (χ4n) is 1.41. The van der Waals surface area contributed by atoms with Crippen molar-refractivity contribution in [2.24, 2.45) is 11.7 Å². The van der Waals surface area contributed by atoms with E-state index in [1.807, 2.05) is 39.0 Å². The van der Waals surface area contributed by atoms with Crippen LogP contribution in [0.25, 0.3) is 0 Å². The van der Waals surface area contributed by atoms with E-state index in [2.05, 4.69) is 27.9 Å². The van der Waals surface area contributed by atoms with Crippen molar-refractivity contribution in [3.8, 4) is 0 Å². The third kappa shape index (κ3) is 3.96. The first kappa shape index (κ1) is 14.4. The zero-order valence-corrected chi connectivity index (χ0v) is 12.6. The van der Waals surface area contributed by atoms with Crippen LogP contribution in [0, 0.1) is 16.4 Å². The lowest BCUT2D eigenvalue weighted by molar-refractivity contribution is -0.118. The highest BCUT2D eigenvalue weighted by Gasteiger charge is 2.19. The van der Waals surface area contributed by atoms with Gasteiger partial charge in [0.15, 0.2) is 0 Å². The van der Waals surface area contributed by atoms with Gasteiger partial charge in [0.2, 0.25) is 5.91 Å². The predicted octanol–water partition coefficient (Wildman–Crippen LogP) is 2.91. The summed E-state index contributed by atoms with van der Waals surface area (Å²) in [6.45, 7) is 6.06. The molecule has 0 radical (unpaired) electrons. The molecular formula is C13H19IN2O. The van der Waals surface area contributed by atoms with Gasteiger partial charge >= 0.3 is 0 Å². The lowest BCUT2D eigenvalue weighted by atomic mass is 9.99. The quantitative estimate of drug-likeness (QED) is 0.824. The second-order valence-corrected chi connectivity index (χ2v) is 5.53. The zero-order valence-electron chi connectivity index (χ0n) is 10.5. The van der Waals surface area contributed by atoms with Crippen LogP contribution >= 0.6 is 22.6 Å². The van der Waals surface area contributed by atoms with E-state index in [9.17, 15) is 4.79 Å². The molecule has 3 nitrogen and oxygen atoms in total. The molecule has 0 aliphatic carbocycles. The van der Waals surface area contributed by atoms with Crippen molar-refractivity contribution >= 4 is 34.2 Å². The number of nitrogens with one attached hydrogen (secondary N) is 1. The molecule has 0 heterocycles. The Bertz CT molecular complexity index is 406. The molecule has 0 unspecified atom stereocenters. The summed E-state index contributed by atoms with van der Waals surface area (Å²) < 4.78 is 1.14. The molecule has 3 N–H and O–H groups in total. The van der Waals surface area contributed by atoms with Crippen molar-refractivity contribution in [2.75, 3.05) is 5.32 Å². The first-order valence-electron chi connectivity index (χ1n) is 5.78. The molecule has 0 saturated heterocycles. The van der Waals surface area contributed by atoms with Crippen LogP contribution in [0.1, 0.15) is 25.8 Å². The first-order chi connectivity index (χ1) is 7.95. The van der Waals surface area contributed by atoms with Crippen molar-refractivity contribution < 1.29 is 4.79 Å². The number of rotatable bonds is 4. The van der Waals surface area contributed by atoms with Crippen molar-refractivity contribution in [3.63, 3.8) is 0 Å². The Balaban J connectivity index is 2.71. The van der Waals surface area contributed by atoms with Crippen LogP contribution in [0.3, 0.4) is 0 Å². The standard InChI is InChI=1S/C13H19IN2O/c1-4-8(2)12(15)13(17)16-10-6-5-9(3)11(14)7-10/h5-8,12H,4,15H2,1-3H3,(H,16,17)/t8-,12-/m0/s1. The average Bonchev–Trinajstić information content (AvgIpc) is 2.31. The Morgan fingerprint density at radius 2 is 2.18 bits per heavy atom. The van der Waals surface area contributed by atoms with Crippen molar-refractivity contribution in [1.29, 1.82) is 0 Å². The third-order valence-corrected chi connectivity index (χ3v) is 4.16. The lowest BCUT2D eigenvalue weighted by Gasteiger charge is -2.17. The van der Waals surface area contributed by atoms with E-state index in [-0.39, 0.29) is 11.8 Å². The summed E-state index contributed by atoms with van der Waals surface area (Å²) in [6.07, 6.45) is 0.903. The van der Waals surface area contributed by atoms with Gasteiger partial charge in [-0.3, -0.25) is 4.79 Å². The Morgan fingerprint density at radius 3 is 2.71 bits per heavy atom. The molecule has 0 aromatic heterocycles. The molecule has 2 atom stereocenters. The lowest BCUT2D eigenvalue weighted by Crippen LogP contribution is -2.40. The molecule has 0 aliphatic heterocycles. The monoisotopic (exact) mass is 346 g/mol. The maximum absolute atomic E-state index is 11.9. The number of halogens is 1. The first-order valence-corrected chi connectivity index (χ1v) is 6.86. The fourth-order valence-corrected chi connectivity index (χ4v) is 1.92. The van der Waals surface area contributed by atoms with Gasteiger partial charge in [-0.15, -0.1) is 0 Å². The molecule has 4 heteroatoms. The maximum Gasteiger partial charge on any atom is 0.241 e. The summed E-state index contributed by atoms with van der Waals surface area (Å²) in [6, 6.07) is 5.40. The summed E-state index contributed by atoms with van der Waals surface area (Å²) in [5.41, 5.74) is 7.89. The maximum atomic E-state index is 11.9. The number of hydrogen-bond acceptors (Lipinski definition) is 2. The Labute approximate surface area is 116 Å². The minimum atomic E-state index is -0.445. The van der Waals surface area contributed by atoms with E-state index in [4.69, 9.17) is 5.73 Å². The van der Waals surface area contributed by atoms with Crippen LogP contribution in [-0.2, 0) is 4.79 Å². The molecule has 0 spiro atoms. The molecule has 0 saturated carbocycles. The molecule has 1 aromatic carbocycles. The largest absolute Gasteiger partial charge is 0.325 e. The minimum Gasteiger partial charge on any atom is -0.325 e. The Morgan fingerprint density at radius 1 is 1.53 bits per heavy atom. The van der Waals surface area contributed by atoms with Crippen molar-refractivity contribution in [2.45, 2.75) is 33.2 Å². The van der Waals surface area contributed by atoms with Crippen molar-refractivity contribution in [1.82, 2.24) is 0 Å². The predicted molar refractivity (Wildman–Crippen MR) is 80.0 cm³/mol. The molecule has 0 aliphatic rings. The zero-order chi connectivity index (χ0) is 13.0. The van der Waals surface area contributed by atoms with E-state index in [0.717, 1.165) is 15.7 Å². The van der Waals surface area contributed by atoms with Gasteiger partial charge in [-0.25, -0.2) is 0 Å². The summed E-state index contributed by atoms with van der Waals surface area (Å²) in [7, 11) is 0. The van der Waals surface area contributed by atoms with E-state index < -0.39 is 6.04 Å². The van der Waals surface area contributed by atoms with E-state index in [1.165, 1.54) is 5.56 Å². The van der Waals surface area contributed by atoms with Crippen molar-refractivity contribution in [3.05, 3.63) is 27.3 Å². The second kappa shape index (κ2) is 6.35. The molecule has 1 amide bonds. The van der Waals surface area contributed by atoms with Gasteiger partial charge in [-0.1, -0.05) is 26.3 Å². The summed E-state index contributed by atoms with van der Waals surface area (Å²) in [5, 5.41) is 2.86. The highest BCUT2D eigenvalue weighted by Crippen LogP contribution is 2.17. The number of hydrogen-bond donors (Lipinski definition) is 2. The number of carbonyl (C=O) groups excluding carboxylic acids is 1. The van der Waals surface area contributed by atoms with Crippen LogP contribution in [-0.4, -0.2) is 11.9 Å². The Hall–Kier alpha value is -0.620. The summed E-state index contributed by atoms with van der Waals surface area (Å²) in [5.74, 6) is 0.0820. The van der Waals surface area contributed by atoms with Crippen LogP contribution in [0.2, 0.25) is 0 Å². The van der Waals surface area contributed by atoms with Gasteiger partial charge < -0.3 is 11.1 Å². The van der Waals surface area contributed by atoms with E-state index in [1.54, 1.807) is 0 Å². The van der Waals surface area contributed by atoms with E-state index >= 15 is 0 Å². The summed E-state index contributed by atoms with van der Waals surface area (Å²) in [4.78, 5) is 11.9. The van der Waals surface area contributed by atoms with Gasteiger partial charge in [0.25, 0.3) is 0 Å².